The number of ether oxygens (including phenoxy) is 1. The van der Waals surface area contributed by atoms with Gasteiger partial charge < -0.3 is 69.0 Å². The van der Waals surface area contributed by atoms with Crippen molar-refractivity contribution in [3.63, 3.8) is 0 Å². The Kier molecular flexibility index (Phi) is 18.3. The summed E-state index contributed by atoms with van der Waals surface area (Å²) in [5.74, 6) is 0.238. The van der Waals surface area contributed by atoms with Gasteiger partial charge in [0.05, 0.1) is 33.8 Å². The first-order valence-corrected chi connectivity index (χ1v) is 30.1. The fourth-order valence-electron chi connectivity index (χ4n) is 12.3. The van der Waals surface area contributed by atoms with Gasteiger partial charge in [-0.05, 0) is 85.5 Å². The SMILES string of the molecule is C[C@H](C(=O)CC(=O)SCCNC(=O)CCNC(=O)[C@H](O)C(C)(C)COP(=O)([O-])OP(=O)([O-])OC[C@H]1O[C@@H](n2cnc3c(N)ncnc32)[C@H](O)[C@@H]1OP(=O)([O-])[O-])[C@H]1CC[C@H]2[C@@H]3CCC4=CC(=O)CC[C@]4(C)[C@H]3CC[C@]12C. The lowest BCUT2D eigenvalue weighted by Gasteiger charge is -2.58. The van der Waals surface area contributed by atoms with Crippen molar-refractivity contribution in [2.75, 3.05) is 37.8 Å². The van der Waals surface area contributed by atoms with E-state index in [-0.39, 0.29) is 88.0 Å². The van der Waals surface area contributed by atoms with Gasteiger partial charge in [-0.1, -0.05) is 52.0 Å². The summed E-state index contributed by atoms with van der Waals surface area (Å²) >= 11 is 0.944. The average molecular weight is 1130 g/mol. The molecule has 1 aliphatic heterocycles. The van der Waals surface area contributed by atoms with Crippen LogP contribution in [0.3, 0.4) is 0 Å². The number of nitrogens with zero attached hydrogens (tertiary/aromatic N) is 4. The fourth-order valence-corrected chi connectivity index (χ4v) is 15.7. The predicted molar refractivity (Wildman–Crippen MR) is 257 cm³/mol. The van der Waals surface area contributed by atoms with Crippen LogP contribution in [0.15, 0.2) is 24.3 Å². The molecule has 6 N–H and O–H groups in total. The van der Waals surface area contributed by atoms with Crippen LogP contribution in [0.25, 0.3) is 11.2 Å². The van der Waals surface area contributed by atoms with E-state index < -0.39 is 84.6 Å². The zero-order valence-electron chi connectivity index (χ0n) is 42.1. The van der Waals surface area contributed by atoms with E-state index in [9.17, 15) is 67.5 Å². The van der Waals surface area contributed by atoms with E-state index in [4.69, 9.17) is 10.5 Å². The number of carbonyl (C=O) groups excluding carboxylic acids is 5. The van der Waals surface area contributed by atoms with Gasteiger partial charge >= 0.3 is 0 Å². The Morgan fingerprint density at radius 3 is 2.43 bits per heavy atom. The van der Waals surface area contributed by atoms with Crippen molar-refractivity contribution in [2.24, 2.45) is 45.8 Å². The summed E-state index contributed by atoms with van der Waals surface area (Å²) in [6, 6.07) is 0. The number of aliphatic hydroxyl groups excluding tert-OH is 2. The number of allylic oxidation sites excluding steroid dienone is 1. The Labute approximate surface area is 436 Å². The third-order valence-corrected chi connectivity index (χ3v) is 20.1. The van der Waals surface area contributed by atoms with Crippen molar-refractivity contribution in [3.05, 3.63) is 24.3 Å². The highest BCUT2D eigenvalue weighted by Gasteiger charge is 2.60. The number of hydrogen-bond acceptors (Lipinski definition) is 24. The molecule has 4 aliphatic carbocycles. The van der Waals surface area contributed by atoms with Gasteiger partial charge in [-0.2, -0.15) is 0 Å². The van der Waals surface area contributed by atoms with Gasteiger partial charge in [-0.25, -0.2) is 19.3 Å². The Balaban J connectivity index is 0.786. The lowest BCUT2D eigenvalue weighted by Crippen LogP contribution is -2.51. The Morgan fingerprint density at radius 1 is 0.987 bits per heavy atom. The first kappa shape index (κ1) is 59.3. The molecule has 14 atom stereocenters. The number of Topliss-reactive ketones (excluding diaryl/α,β-unsaturated/α-hetero) is 1. The third kappa shape index (κ3) is 13.6. The van der Waals surface area contributed by atoms with Crippen molar-refractivity contribution in [1.82, 2.24) is 30.2 Å². The molecule has 2 aromatic heterocycles. The third-order valence-electron chi connectivity index (χ3n) is 16.2. The molecule has 2 amide bonds. The van der Waals surface area contributed by atoms with E-state index in [2.05, 4.69) is 57.3 Å². The van der Waals surface area contributed by atoms with Crippen molar-refractivity contribution in [2.45, 2.75) is 129 Å². The van der Waals surface area contributed by atoms with E-state index in [0.717, 1.165) is 73.9 Å². The molecule has 4 fully saturated rings. The smallest absolute Gasteiger partial charge is 0.274 e. The average Bonchev–Trinajstić information content (AvgIpc) is 4.01. The van der Waals surface area contributed by atoms with Crippen LogP contribution in [0.5, 0.6) is 0 Å². The number of hydrogen-bond donors (Lipinski definition) is 5. The van der Waals surface area contributed by atoms with E-state index in [1.807, 2.05) is 13.0 Å². The summed E-state index contributed by atoms with van der Waals surface area (Å²) in [4.78, 5) is 124. The number of rotatable bonds is 23. The van der Waals surface area contributed by atoms with Crippen LogP contribution < -0.4 is 35.9 Å². The molecule has 75 heavy (non-hydrogen) atoms. The van der Waals surface area contributed by atoms with Crippen LogP contribution in [0.2, 0.25) is 0 Å². The number of nitrogens with one attached hydrogen (secondary N) is 2. The quantitative estimate of drug-likeness (QED) is 0.0586. The number of carbonyl (C=O) groups is 5. The summed E-state index contributed by atoms with van der Waals surface area (Å²) < 4.78 is 61.1. The molecule has 26 nitrogen and oxygen atoms in total. The van der Waals surface area contributed by atoms with Gasteiger partial charge in [0.2, 0.25) is 11.8 Å². The molecule has 1 saturated heterocycles. The second-order valence-electron chi connectivity index (χ2n) is 21.3. The summed E-state index contributed by atoms with van der Waals surface area (Å²) in [7, 11) is -17.7. The van der Waals surface area contributed by atoms with Crippen LogP contribution in [0.4, 0.5) is 5.82 Å². The first-order chi connectivity index (χ1) is 34.9. The van der Waals surface area contributed by atoms with Gasteiger partial charge in [-0.15, -0.1) is 0 Å². The number of phosphoric acid groups is 3. The number of amides is 2. The molecular weight excluding hydrogens is 1070 g/mol. The molecule has 3 saturated carbocycles. The molecule has 0 spiro atoms. The number of nitrogens with two attached hydrogens (primary N) is 1. The molecule has 3 heterocycles. The molecule has 0 aromatic carbocycles. The maximum Gasteiger partial charge on any atom is 0.274 e. The molecule has 7 rings (SSSR count). The number of fused-ring (bicyclic) bond motifs is 6. The summed E-state index contributed by atoms with van der Waals surface area (Å²) in [5, 5.41) is 26.2. The molecule has 0 radical (unpaired) electrons. The Morgan fingerprint density at radius 2 is 1.71 bits per heavy atom. The minimum atomic E-state index is -5.95. The van der Waals surface area contributed by atoms with Gasteiger partial charge in [0, 0.05) is 43.0 Å². The Bertz CT molecular complexity index is 2690. The number of phosphoric ester groups is 3. The summed E-state index contributed by atoms with van der Waals surface area (Å²) in [5.41, 5.74) is 5.44. The van der Waals surface area contributed by atoms with Crippen molar-refractivity contribution in [3.8, 4) is 0 Å². The normalized spacial score (nSPS) is 31.2. The van der Waals surface area contributed by atoms with E-state index in [0.29, 0.717) is 24.2 Å². The number of aromatic nitrogens is 4. The van der Waals surface area contributed by atoms with Crippen LogP contribution >= 0.6 is 35.2 Å². The molecule has 2 aromatic rings. The highest BCUT2D eigenvalue weighted by Crippen LogP contribution is 2.67. The zero-order chi connectivity index (χ0) is 55.1. The number of thioether (sulfide) groups is 1. The van der Waals surface area contributed by atoms with Gasteiger partial charge in [0.1, 0.15) is 42.0 Å². The zero-order valence-corrected chi connectivity index (χ0v) is 45.6. The van der Waals surface area contributed by atoms with Crippen LogP contribution in [-0.2, 0) is 60.3 Å². The Hall–Kier alpha value is -3.36. The standard InChI is InChI=1S/C45H68N7O19P3S/c1-24(28-8-9-29-27-7-6-25-18-26(53)10-13-44(25,4)30(27)11-14-45(28,29)5)31(54)19-34(56)75-17-16-47-33(55)12-15-48-41(59)38(58)43(2,3)21-68-74(65,66)71-73(63,64)67-20-32-37(70-72(60,61)62)36(57)42(69-32)52-23-51-35-39(46)49-22-50-40(35)52/h18,22-24,27-30,32,36-38,42,57-58H,6-17,19-21H2,1-5H3,(H,47,55)(H,48,59)(H,63,64)(H,65,66)(H2,46,49,50)(H2,60,61,62)/p-4/t24-,27-,28+,29-,30-,32+,36+,37+,38-,42+,44-,45+/m0/s1. The molecule has 2 unspecified atom stereocenters. The minimum absolute atomic E-state index is 0.00870. The van der Waals surface area contributed by atoms with Gasteiger partial charge in [0.15, 0.2) is 28.6 Å². The highest BCUT2D eigenvalue weighted by atomic mass is 32.2. The number of aliphatic hydroxyl groups is 2. The lowest BCUT2D eigenvalue weighted by atomic mass is 9.46. The molecule has 418 valence electrons. The fraction of sp³-hybridized carbons (Fsp3) is 0.733. The topological polar surface area (TPSA) is 409 Å². The second-order valence-corrected chi connectivity index (χ2v) is 26.5. The largest absolute Gasteiger partial charge is 0.790 e. The summed E-state index contributed by atoms with van der Waals surface area (Å²) in [6.07, 6.45) is 1.62. The minimum Gasteiger partial charge on any atom is -0.790 e. The van der Waals surface area contributed by atoms with Crippen molar-refractivity contribution < 1.29 is 90.1 Å². The predicted octanol–water partition coefficient (Wildman–Crippen LogP) is 0.880. The number of nitrogen functional groups attached to an aromatic ring is 1. The van der Waals surface area contributed by atoms with Gasteiger partial charge in [0.25, 0.3) is 15.6 Å². The maximum absolute atomic E-state index is 13.5. The van der Waals surface area contributed by atoms with Crippen LogP contribution in [0.1, 0.15) is 105 Å². The van der Waals surface area contributed by atoms with E-state index in [1.165, 1.54) is 19.4 Å². The number of imidazole rings is 1. The van der Waals surface area contributed by atoms with Crippen molar-refractivity contribution >= 4 is 80.7 Å². The molecule has 30 heteroatoms. The molecule has 0 bridgehead atoms. The number of anilines is 1. The van der Waals surface area contributed by atoms with Crippen LogP contribution in [-0.4, -0.2) is 115 Å². The summed E-state index contributed by atoms with van der Waals surface area (Å²) in [6.45, 7) is 6.55. The van der Waals surface area contributed by atoms with Gasteiger partial charge in [-0.3, -0.25) is 37.7 Å². The maximum atomic E-state index is 13.5. The van der Waals surface area contributed by atoms with E-state index in [1.54, 1.807) is 0 Å². The highest BCUT2D eigenvalue weighted by molar-refractivity contribution is 8.13. The first-order valence-electron chi connectivity index (χ1n) is 24.7. The van der Waals surface area contributed by atoms with Crippen LogP contribution in [0, 0.1) is 45.8 Å². The second kappa shape index (κ2) is 23.2. The molecule has 5 aliphatic rings. The molecular formula is C45H64N7O19P3S-4. The lowest BCUT2D eigenvalue weighted by molar-refractivity contribution is -0.347. The van der Waals surface area contributed by atoms with E-state index >= 15 is 0 Å². The number of ketones is 2. The monoisotopic (exact) mass is 1130 g/mol. The van der Waals surface area contributed by atoms with Crippen molar-refractivity contribution in [1.29, 1.82) is 0 Å².